The fraction of sp³-hybridized carbons (Fsp3) is 0.0769. The van der Waals surface area contributed by atoms with E-state index < -0.39 is 0 Å². The normalized spacial score (nSPS) is 9.87. The van der Waals surface area contributed by atoms with E-state index >= 15 is 0 Å². The van der Waals surface area contributed by atoms with Gasteiger partial charge in [-0.2, -0.15) is 0 Å². The van der Waals surface area contributed by atoms with Crippen molar-refractivity contribution < 1.29 is 20.4 Å². The van der Waals surface area contributed by atoms with Crippen molar-refractivity contribution in [2.45, 2.75) is 13.8 Å². The molecule has 46 heavy (non-hydrogen) atoms. The Bertz CT molecular complexity index is 1330. The molecule has 4 N–H and O–H groups in total. The van der Waals surface area contributed by atoms with Crippen LogP contribution in [0, 0.1) is 0 Å². The molecule has 4 aromatic rings. The first-order valence-electron chi connectivity index (χ1n) is 11.2. The molecule has 20 heteroatoms. The lowest BCUT2D eigenvalue weighted by Crippen LogP contribution is -1.76. The van der Waals surface area contributed by atoms with Crippen LogP contribution in [0.4, 0.5) is 0 Å². The van der Waals surface area contributed by atoms with Crippen LogP contribution in [0.3, 0.4) is 0 Å². The zero-order valence-corrected chi connectivity index (χ0v) is 47.5. The van der Waals surface area contributed by atoms with Gasteiger partial charge in [0.2, 0.25) is 0 Å². The van der Waals surface area contributed by atoms with E-state index in [4.69, 9.17) is 0 Å². The van der Waals surface area contributed by atoms with Crippen molar-refractivity contribution in [1.82, 2.24) is 0 Å². The third kappa shape index (κ3) is 14.9. The molecule has 0 unspecified atom stereocenters. The molecule has 0 amide bonds. The minimum Gasteiger partial charge on any atom is -0.507 e. The van der Waals surface area contributed by atoms with E-state index in [-0.39, 0.29) is 23.0 Å². The number of halogens is 16. The van der Waals surface area contributed by atoms with Crippen LogP contribution in [0.25, 0.3) is 0 Å². The fourth-order valence-corrected chi connectivity index (χ4v) is 10.2. The van der Waals surface area contributed by atoms with E-state index in [9.17, 15) is 20.4 Å². The van der Waals surface area contributed by atoms with E-state index in [1.54, 1.807) is 24.3 Å². The predicted octanol–water partition coefficient (Wildman–Crippen LogP) is 18.8. The standard InChI is InChI=1S/4C6H2Br4O.C2H6/c4*7-2-1-3(11)5(9)6(10)4(2)8;1-2/h4*1,11H;1-2H3. The van der Waals surface area contributed by atoms with Crippen LogP contribution in [-0.2, 0) is 0 Å². The quantitative estimate of drug-likeness (QED) is 0.104. The summed E-state index contributed by atoms with van der Waals surface area (Å²) in [5.41, 5.74) is 0. The Hall–Kier alpha value is 3.76. The molecule has 0 saturated carbocycles. The Labute approximate surface area is 400 Å². The number of phenolic OH excluding ortho intramolecular Hbond substituents is 4. The highest BCUT2D eigenvalue weighted by Crippen LogP contribution is 2.44. The summed E-state index contributed by atoms with van der Waals surface area (Å²) >= 11 is 52.5. The highest BCUT2D eigenvalue weighted by Gasteiger charge is 2.12. The van der Waals surface area contributed by atoms with Crippen molar-refractivity contribution in [3.8, 4) is 23.0 Å². The van der Waals surface area contributed by atoms with Crippen LogP contribution < -0.4 is 0 Å². The molecule has 0 radical (unpaired) electrons. The van der Waals surface area contributed by atoms with Crippen LogP contribution in [0.1, 0.15) is 13.8 Å². The van der Waals surface area contributed by atoms with E-state index in [0.29, 0.717) is 17.9 Å². The number of rotatable bonds is 0. The molecule has 0 aliphatic carbocycles. The van der Waals surface area contributed by atoms with Gasteiger partial charge in [0.1, 0.15) is 23.0 Å². The Morgan fingerprint density at radius 2 is 0.391 bits per heavy atom. The Morgan fingerprint density at radius 1 is 0.261 bits per heavy atom. The average Bonchev–Trinajstić information content (AvgIpc) is 3.02. The van der Waals surface area contributed by atoms with Crippen molar-refractivity contribution in [1.29, 1.82) is 0 Å². The van der Waals surface area contributed by atoms with Gasteiger partial charge in [-0.05, 0) is 279 Å². The van der Waals surface area contributed by atoms with Crippen LogP contribution >= 0.6 is 255 Å². The number of benzene rings is 4. The molecule has 0 heterocycles. The van der Waals surface area contributed by atoms with Crippen molar-refractivity contribution in [3.05, 3.63) is 95.8 Å². The summed E-state index contributed by atoms with van der Waals surface area (Å²) in [6, 6.07) is 6.44. The minimum absolute atomic E-state index is 0.201. The monoisotopic (exact) mass is 1650 g/mol. The molecule has 0 atom stereocenters. The highest BCUT2D eigenvalue weighted by molar-refractivity contribution is 9.17. The maximum Gasteiger partial charge on any atom is 0.132 e. The van der Waals surface area contributed by atoms with Crippen LogP contribution in [-0.4, -0.2) is 20.4 Å². The van der Waals surface area contributed by atoms with Gasteiger partial charge in [0, 0.05) is 35.8 Å². The van der Waals surface area contributed by atoms with Gasteiger partial charge in [-0.25, -0.2) is 0 Å². The summed E-state index contributed by atoms with van der Waals surface area (Å²) in [5, 5.41) is 37.1. The molecule has 0 aliphatic rings. The predicted molar refractivity (Wildman–Crippen MR) is 247 cm³/mol. The minimum atomic E-state index is 0.201. The van der Waals surface area contributed by atoms with Gasteiger partial charge in [-0.3, -0.25) is 0 Å². The van der Waals surface area contributed by atoms with Gasteiger partial charge in [0.15, 0.2) is 0 Å². The first kappa shape index (κ1) is 49.8. The lowest BCUT2D eigenvalue weighted by molar-refractivity contribution is 0.470. The summed E-state index contributed by atoms with van der Waals surface area (Å²) in [4.78, 5) is 0. The van der Waals surface area contributed by atoms with Crippen LogP contribution in [0.5, 0.6) is 23.0 Å². The van der Waals surface area contributed by atoms with Gasteiger partial charge >= 0.3 is 0 Å². The zero-order chi connectivity index (χ0) is 36.4. The Balaban J connectivity index is 0.000000576. The van der Waals surface area contributed by atoms with Crippen LogP contribution in [0.2, 0.25) is 0 Å². The van der Waals surface area contributed by atoms with E-state index in [1.165, 1.54) is 0 Å². The van der Waals surface area contributed by atoms with Crippen molar-refractivity contribution >= 4 is 255 Å². The Morgan fingerprint density at radius 3 is 0.522 bits per heavy atom. The second-order valence-electron chi connectivity index (χ2n) is 7.28. The highest BCUT2D eigenvalue weighted by atomic mass is 79.9. The van der Waals surface area contributed by atoms with Gasteiger partial charge in [0.25, 0.3) is 0 Å². The summed E-state index contributed by atoms with van der Waals surface area (Å²) in [6.45, 7) is 4.00. The Kier molecular flexibility index (Phi) is 26.2. The molecule has 0 bridgehead atoms. The van der Waals surface area contributed by atoms with Crippen molar-refractivity contribution in [2.24, 2.45) is 0 Å². The maximum atomic E-state index is 9.28. The summed E-state index contributed by atoms with van der Waals surface area (Å²) < 4.78 is 12.5. The smallest absolute Gasteiger partial charge is 0.132 e. The average molecular weight is 1670 g/mol. The fourth-order valence-electron chi connectivity index (χ4n) is 2.24. The molecule has 0 aliphatic heterocycles. The molecule has 254 valence electrons. The third-order valence-electron chi connectivity index (χ3n) is 4.33. The van der Waals surface area contributed by atoms with Crippen molar-refractivity contribution in [2.75, 3.05) is 0 Å². The number of phenols is 4. The molecule has 4 nitrogen and oxygen atoms in total. The molecular weight excluding hydrogens is 1650 g/mol. The van der Waals surface area contributed by atoms with Crippen molar-refractivity contribution in [3.63, 3.8) is 0 Å². The maximum absolute atomic E-state index is 9.28. The number of hydrogen-bond acceptors (Lipinski definition) is 4. The first-order valence-corrected chi connectivity index (χ1v) is 23.9. The third-order valence-corrected chi connectivity index (χ3v) is 22.9. The molecule has 4 rings (SSSR count). The number of aromatic hydroxyl groups is 4. The number of hydrogen-bond donors (Lipinski definition) is 4. The van der Waals surface area contributed by atoms with Gasteiger partial charge in [-0.15, -0.1) is 0 Å². The van der Waals surface area contributed by atoms with Gasteiger partial charge < -0.3 is 20.4 Å². The molecular formula is C26H14Br16O4. The molecule has 0 aromatic heterocycles. The topological polar surface area (TPSA) is 80.9 Å². The second-order valence-corrected chi connectivity index (χ2v) is 20.2. The van der Waals surface area contributed by atoms with Crippen LogP contribution in [0.15, 0.2) is 95.8 Å². The van der Waals surface area contributed by atoms with Gasteiger partial charge in [0.05, 0.1) is 35.8 Å². The van der Waals surface area contributed by atoms with E-state index in [0.717, 1.165) is 53.7 Å². The summed E-state index contributed by atoms with van der Waals surface area (Å²) in [6.07, 6.45) is 0. The lowest BCUT2D eigenvalue weighted by atomic mass is 10.3. The largest absolute Gasteiger partial charge is 0.507 e. The van der Waals surface area contributed by atoms with E-state index in [2.05, 4.69) is 255 Å². The lowest BCUT2D eigenvalue weighted by Gasteiger charge is -2.03. The molecule has 0 saturated heterocycles. The molecule has 0 spiro atoms. The first-order chi connectivity index (χ1) is 21.1. The zero-order valence-electron chi connectivity index (χ0n) is 22.1. The summed E-state index contributed by atoms with van der Waals surface area (Å²) in [7, 11) is 0. The second kappa shape index (κ2) is 24.2. The summed E-state index contributed by atoms with van der Waals surface area (Å²) in [5.74, 6) is 0.804. The van der Waals surface area contributed by atoms with E-state index in [1.807, 2.05) is 13.8 Å². The molecule has 4 aromatic carbocycles. The van der Waals surface area contributed by atoms with Gasteiger partial charge in [-0.1, -0.05) is 13.8 Å². The SMILES string of the molecule is CC.Oc1cc(Br)c(Br)c(Br)c1Br.Oc1cc(Br)c(Br)c(Br)c1Br.Oc1cc(Br)c(Br)c(Br)c1Br.Oc1cc(Br)c(Br)c(Br)c1Br. The molecule has 0 fully saturated rings.